The largest absolute Gasteiger partial charge is 0.349 e. The van der Waals surface area contributed by atoms with Gasteiger partial charge in [0.25, 0.3) is 0 Å². The summed E-state index contributed by atoms with van der Waals surface area (Å²) in [5.41, 5.74) is 2.32. The van der Waals surface area contributed by atoms with Crippen LogP contribution in [0.5, 0.6) is 0 Å². The maximum absolute atomic E-state index is 13.1. The quantitative estimate of drug-likeness (QED) is 0.758. The lowest BCUT2D eigenvalue weighted by atomic mass is 9.95. The molecule has 30 heavy (non-hydrogen) atoms. The van der Waals surface area contributed by atoms with Crippen LogP contribution in [0.2, 0.25) is 0 Å². The first-order valence-corrected chi connectivity index (χ1v) is 11.9. The van der Waals surface area contributed by atoms with E-state index in [1.165, 1.54) is 22.0 Å². The van der Waals surface area contributed by atoms with Gasteiger partial charge in [0.15, 0.2) is 0 Å². The van der Waals surface area contributed by atoms with Gasteiger partial charge < -0.3 is 5.32 Å². The van der Waals surface area contributed by atoms with E-state index in [2.05, 4.69) is 29.6 Å². The van der Waals surface area contributed by atoms with Crippen LogP contribution in [0.25, 0.3) is 0 Å². The number of aryl methyl sites for hydroxylation is 1. The Balaban J connectivity index is 1.38. The first kappa shape index (κ1) is 21.0. The molecule has 0 radical (unpaired) electrons. The molecule has 5 nitrogen and oxygen atoms in total. The maximum atomic E-state index is 13.1. The molecule has 1 atom stereocenters. The molecule has 7 heteroatoms. The van der Waals surface area contributed by atoms with Crippen molar-refractivity contribution in [1.29, 1.82) is 0 Å². The van der Waals surface area contributed by atoms with Gasteiger partial charge in [0.05, 0.1) is 10.9 Å². The Kier molecular flexibility index (Phi) is 5.93. The van der Waals surface area contributed by atoms with E-state index in [0.717, 1.165) is 30.5 Å². The monoisotopic (exact) mass is 430 g/mol. The van der Waals surface area contributed by atoms with Crippen molar-refractivity contribution in [1.82, 2.24) is 9.62 Å². The summed E-state index contributed by atoms with van der Waals surface area (Å²) < 4.78 is 40.0. The van der Waals surface area contributed by atoms with Gasteiger partial charge in [-0.05, 0) is 68.4 Å². The van der Waals surface area contributed by atoms with Gasteiger partial charge in [0.2, 0.25) is 15.9 Å². The zero-order valence-corrected chi connectivity index (χ0v) is 17.9. The Morgan fingerprint density at radius 1 is 1.00 bits per heavy atom. The molecule has 1 N–H and O–H groups in total. The highest BCUT2D eigenvalue weighted by Gasteiger charge is 2.36. The number of nitrogens with one attached hydrogen (secondary N) is 1. The fraction of sp³-hybridized carbons (Fsp3) is 0.435. The number of sulfonamides is 1. The SMILES string of the molecule is Cc1ccc([C@@H](NC(=O)C2CCN(S(=O)(=O)c3ccc(F)cc3)CC2)C2CC2)cc1. The van der Waals surface area contributed by atoms with Crippen LogP contribution in [0.3, 0.4) is 0 Å². The molecular weight excluding hydrogens is 403 g/mol. The van der Waals surface area contributed by atoms with Crippen molar-refractivity contribution in [2.45, 2.75) is 43.5 Å². The zero-order valence-electron chi connectivity index (χ0n) is 17.1. The van der Waals surface area contributed by atoms with Crippen LogP contribution in [0, 0.1) is 24.6 Å². The molecule has 0 bridgehead atoms. The smallest absolute Gasteiger partial charge is 0.243 e. The number of hydrogen-bond donors (Lipinski definition) is 1. The molecule has 1 amide bonds. The molecule has 1 aliphatic heterocycles. The van der Waals surface area contributed by atoms with Crippen molar-refractivity contribution in [2.75, 3.05) is 13.1 Å². The maximum Gasteiger partial charge on any atom is 0.243 e. The van der Waals surface area contributed by atoms with Crippen LogP contribution < -0.4 is 5.32 Å². The highest BCUT2D eigenvalue weighted by atomic mass is 32.2. The molecule has 1 saturated heterocycles. The van der Waals surface area contributed by atoms with E-state index in [9.17, 15) is 17.6 Å². The minimum absolute atomic E-state index is 0.00584. The molecule has 4 rings (SSSR count). The molecule has 1 saturated carbocycles. The third-order valence-corrected chi connectivity index (χ3v) is 8.02. The van der Waals surface area contributed by atoms with Crippen LogP contribution in [0.1, 0.15) is 42.9 Å². The van der Waals surface area contributed by atoms with Crippen LogP contribution >= 0.6 is 0 Å². The molecule has 2 aromatic carbocycles. The zero-order chi connectivity index (χ0) is 21.3. The Labute approximate surface area is 177 Å². The normalized spacial score (nSPS) is 19.4. The lowest BCUT2D eigenvalue weighted by molar-refractivity contribution is -0.127. The Hall–Kier alpha value is -2.25. The number of carbonyl (C=O) groups is 1. The summed E-state index contributed by atoms with van der Waals surface area (Å²) in [6, 6.07) is 13.2. The molecule has 2 fully saturated rings. The van der Waals surface area contributed by atoms with Crippen molar-refractivity contribution in [3.05, 3.63) is 65.5 Å². The summed E-state index contributed by atoms with van der Waals surface area (Å²) in [4.78, 5) is 13.0. The minimum atomic E-state index is -3.67. The van der Waals surface area contributed by atoms with Gasteiger partial charge in [-0.1, -0.05) is 29.8 Å². The summed E-state index contributed by atoms with van der Waals surface area (Å²) in [6.07, 6.45) is 3.20. The number of nitrogens with zero attached hydrogens (tertiary/aromatic N) is 1. The average molecular weight is 431 g/mol. The first-order chi connectivity index (χ1) is 14.3. The fourth-order valence-electron chi connectivity index (χ4n) is 4.06. The summed E-state index contributed by atoms with van der Waals surface area (Å²) in [7, 11) is -3.67. The number of amides is 1. The van der Waals surface area contributed by atoms with Crippen LogP contribution in [-0.4, -0.2) is 31.7 Å². The van der Waals surface area contributed by atoms with Gasteiger partial charge in [0, 0.05) is 19.0 Å². The first-order valence-electron chi connectivity index (χ1n) is 10.5. The molecule has 160 valence electrons. The number of benzene rings is 2. The van der Waals surface area contributed by atoms with E-state index in [1.54, 1.807) is 0 Å². The van der Waals surface area contributed by atoms with Gasteiger partial charge in [-0.15, -0.1) is 0 Å². The van der Waals surface area contributed by atoms with E-state index in [1.807, 2.05) is 6.92 Å². The lowest BCUT2D eigenvalue weighted by Gasteiger charge is -2.31. The van der Waals surface area contributed by atoms with Gasteiger partial charge >= 0.3 is 0 Å². The highest BCUT2D eigenvalue weighted by molar-refractivity contribution is 7.89. The van der Waals surface area contributed by atoms with Crippen molar-refractivity contribution >= 4 is 15.9 Å². The second kappa shape index (κ2) is 8.47. The molecule has 1 aliphatic carbocycles. The predicted octanol–water partition coefficient (Wildman–Crippen LogP) is 3.80. The van der Waals surface area contributed by atoms with E-state index >= 15 is 0 Å². The van der Waals surface area contributed by atoms with E-state index in [0.29, 0.717) is 18.8 Å². The van der Waals surface area contributed by atoms with Crippen molar-refractivity contribution in [3.63, 3.8) is 0 Å². The van der Waals surface area contributed by atoms with Gasteiger partial charge in [-0.3, -0.25) is 4.79 Å². The Morgan fingerprint density at radius 3 is 2.17 bits per heavy atom. The standard InChI is InChI=1S/C23H27FN2O3S/c1-16-2-4-17(5-3-16)22(18-6-7-18)25-23(27)19-12-14-26(15-13-19)30(28,29)21-10-8-20(24)9-11-21/h2-5,8-11,18-19,22H,6-7,12-15H2,1H3,(H,25,27)/t22-/m1/s1. The highest BCUT2D eigenvalue weighted by Crippen LogP contribution is 2.41. The van der Waals surface area contributed by atoms with Crippen molar-refractivity contribution in [3.8, 4) is 0 Å². The molecule has 0 spiro atoms. The molecule has 2 aliphatic rings. The number of rotatable bonds is 6. The molecular formula is C23H27FN2O3S. The second-order valence-corrected chi connectivity index (χ2v) is 10.3. The van der Waals surface area contributed by atoms with Gasteiger partial charge in [0.1, 0.15) is 5.82 Å². The van der Waals surface area contributed by atoms with Crippen LogP contribution in [-0.2, 0) is 14.8 Å². The number of hydrogen-bond acceptors (Lipinski definition) is 3. The van der Waals surface area contributed by atoms with Crippen molar-refractivity contribution < 1.29 is 17.6 Å². The molecule has 2 aromatic rings. The number of carbonyl (C=O) groups excluding carboxylic acids is 1. The topological polar surface area (TPSA) is 66.5 Å². The summed E-state index contributed by atoms with van der Waals surface area (Å²) >= 11 is 0. The predicted molar refractivity (Wildman–Crippen MR) is 113 cm³/mol. The Bertz CT molecular complexity index is 994. The molecule has 1 heterocycles. The third-order valence-electron chi connectivity index (χ3n) is 6.10. The second-order valence-electron chi connectivity index (χ2n) is 8.37. The van der Waals surface area contributed by atoms with E-state index in [-0.39, 0.29) is 35.9 Å². The fourth-order valence-corrected chi connectivity index (χ4v) is 5.53. The summed E-state index contributed by atoms with van der Waals surface area (Å²) in [6.45, 7) is 2.62. The summed E-state index contributed by atoms with van der Waals surface area (Å²) in [5, 5.41) is 3.23. The van der Waals surface area contributed by atoms with Gasteiger partial charge in [-0.25, -0.2) is 12.8 Å². The summed E-state index contributed by atoms with van der Waals surface area (Å²) in [5.74, 6) is -0.179. The third kappa shape index (κ3) is 4.57. The van der Waals surface area contributed by atoms with E-state index in [4.69, 9.17) is 0 Å². The number of piperidine rings is 1. The number of halogens is 1. The average Bonchev–Trinajstić information content (AvgIpc) is 3.58. The van der Waals surface area contributed by atoms with Crippen LogP contribution in [0.4, 0.5) is 4.39 Å². The van der Waals surface area contributed by atoms with Crippen LogP contribution in [0.15, 0.2) is 53.4 Å². The Morgan fingerprint density at radius 2 is 1.60 bits per heavy atom. The van der Waals surface area contributed by atoms with Crippen molar-refractivity contribution in [2.24, 2.45) is 11.8 Å². The van der Waals surface area contributed by atoms with Gasteiger partial charge in [-0.2, -0.15) is 4.31 Å². The molecule has 0 unspecified atom stereocenters. The molecule has 0 aromatic heterocycles. The minimum Gasteiger partial charge on any atom is -0.349 e. The van der Waals surface area contributed by atoms with E-state index < -0.39 is 15.8 Å². The lowest BCUT2D eigenvalue weighted by Crippen LogP contribution is -2.43.